The van der Waals surface area contributed by atoms with Crippen LogP contribution in [-0.2, 0) is 9.59 Å². The van der Waals surface area contributed by atoms with Crippen LogP contribution in [0.15, 0.2) is 30.3 Å². The van der Waals surface area contributed by atoms with Crippen LogP contribution in [-0.4, -0.2) is 17.9 Å². The molecule has 1 aliphatic rings. The van der Waals surface area contributed by atoms with Crippen LogP contribution in [0, 0.1) is 27.7 Å². The summed E-state index contributed by atoms with van der Waals surface area (Å²) in [6.45, 7) is 8.06. The predicted octanol–water partition coefficient (Wildman–Crippen LogP) is 3.68. The Labute approximate surface area is 147 Å². The maximum absolute atomic E-state index is 12.3. The maximum Gasteiger partial charge on any atom is 0.247 e. The van der Waals surface area contributed by atoms with E-state index < -0.39 is 6.04 Å². The Morgan fingerprint density at radius 3 is 2.28 bits per heavy atom. The molecule has 3 N–H and O–H groups in total. The lowest BCUT2D eigenvalue weighted by Crippen LogP contribution is -2.41. The highest BCUT2D eigenvalue weighted by atomic mass is 16.2. The zero-order valence-electron chi connectivity index (χ0n) is 15.0. The molecule has 0 saturated carbocycles. The number of carbonyl (C=O) groups excluding carboxylic acids is 2. The zero-order valence-corrected chi connectivity index (χ0v) is 15.0. The van der Waals surface area contributed by atoms with Gasteiger partial charge in [0, 0.05) is 5.69 Å². The second kappa shape index (κ2) is 6.59. The lowest BCUT2D eigenvalue weighted by Gasteiger charge is -2.27. The van der Waals surface area contributed by atoms with Gasteiger partial charge in [-0.25, -0.2) is 0 Å². The highest BCUT2D eigenvalue weighted by molar-refractivity contribution is 6.06. The fraction of sp³-hybridized carbons (Fsp3) is 0.300. The van der Waals surface area contributed by atoms with Gasteiger partial charge in [0.2, 0.25) is 11.8 Å². The van der Waals surface area contributed by atoms with E-state index in [2.05, 4.69) is 16.0 Å². The molecule has 0 saturated heterocycles. The van der Waals surface area contributed by atoms with Crippen molar-refractivity contribution in [1.29, 1.82) is 0 Å². The Kier molecular flexibility index (Phi) is 4.49. The third-order valence-electron chi connectivity index (χ3n) is 4.72. The van der Waals surface area contributed by atoms with Gasteiger partial charge in [0.1, 0.15) is 6.04 Å². The van der Waals surface area contributed by atoms with E-state index in [0.29, 0.717) is 0 Å². The van der Waals surface area contributed by atoms with Gasteiger partial charge in [-0.1, -0.05) is 6.07 Å². The summed E-state index contributed by atoms with van der Waals surface area (Å²) in [5.41, 5.74) is 6.91. The minimum Gasteiger partial charge on any atom is -0.372 e. The molecule has 130 valence electrons. The molecular weight excluding hydrogens is 314 g/mol. The van der Waals surface area contributed by atoms with Gasteiger partial charge in [-0.15, -0.1) is 0 Å². The van der Waals surface area contributed by atoms with Gasteiger partial charge < -0.3 is 16.0 Å². The van der Waals surface area contributed by atoms with Crippen molar-refractivity contribution in [2.24, 2.45) is 0 Å². The lowest BCUT2D eigenvalue weighted by atomic mass is 10.0. The third kappa shape index (κ3) is 3.65. The summed E-state index contributed by atoms with van der Waals surface area (Å²) in [5.74, 6) is -0.380. The number of hydrogen-bond acceptors (Lipinski definition) is 3. The van der Waals surface area contributed by atoms with Crippen LogP contribution in [0.25, 0.3) is 0 Å². The molecular formula is C20H23N3O2. The molecule has 0 aliphatic carbocycles. The Morgan fingerprint density at radius 1 is 0.960 bits per heavy atom. The van der Waals surface area contributed by atoms with E-state index in [1.807, 2.05) is 58.0 Å². The van der Waals surface area contributed by atoms with E-state index >= 15 is 0 Å². The molecule has 1 atom stereocenters. The van der Waals surface area contributed by atoms with Crippen LogP contribution in [0.3, 0.4) is 0 Å². The molecule has 2 aromatic rings. The molecule has 0 fully saturated rings. The molecule has 5 heteroatoms. The van der Waals surface area contributed by atoms with Gasteiger partial charge >= 0.3 is 0 Å². The average Bonchev–Trinajstić information content (AvgIpc) is 2.54. The number of nitrogens with one attached hydrogen (secondary N) is 3. The van der Waals surface area contributed by atoms with Crippen molar-refractivity contribution in [3.05, 3.63) is 52.6 Å². The summed E-state index contributed by atoms with van der Waals surface area (Å²) < 4.78 is 0. The number of aryl methyl sites for hydroxylation is 4. The SMILES string of the molecule is Cc1ccc(NC(=O)C[C@H]2Nc3cc(C)c(C)cc3NC2=O)cc1C. The lowest BCUT2D eigenvalue weighted by molar-refractivity contribution is -0.122. The highest BCUT2D eigenvalue weighted by Crippen LogP contribution is 2.30. The Balaban J connectivity index is 1.69. The monoisotopic (exact) mass is 337 g/mol. The number of amides is 2. The summed E-state index contributed by atoms with van der Waals surface area (Å²) in [7, 11) is 0. The number of hydrogen-bond donors (Lipinski definition) is 3. The van der Waals surface area contributed by atoms with E-state index in [-0.39, 0.29) is 18.2 Å². The Morgan fingerprint density at radius 2 is 1.60 bits per heavy atom. The van der Waals surface area contributed by atoms with Crippen molar-refractivity contribution in [2.45, 2.75) is 40.2 Å². The van der Waals surface area contributed by atoms with Crippen molar-refractivity contribution in [1.82, 2.24) is 0 Å². The fourth-order valence-electron chi connectivity index (χ4n) is 2.87. The van der Waals surface area contributed by atoms with Gasteiger partial charge in [-0.2, -0.15) is 0 Å². The first kappa shape index (κ1) is 17.0. The van der Waals surface area contributed by atoms with Gasteiger partial charge in [-0.05, 0) is 74.2 Å². The predicted molar refractivity (Wildman–Crippen MR) is 101 cm³/mol. The second-order valence-electron chi connectivity index (χ2n) is 6.72. The quantitative estimate of drug-likeness (QED) is 0.800. The normalized spacial score (nSPS) is 15.8. The fourth-order valence-corrected chi connectivity index (χ4v) is 2.87. The van der Waals surface area contributed by atoms with Crippen molar-refractivity contribution in [3.63, 3.8) is 0 Å². The summed E-state index contributed by atoms with van der Waals surface area (Å²) in [6, 6.07) is 9.14. The molecule has 3 rings (SSSR count). The number of anilines is 3. The average molecular weight is 337 g/mol. The highest BCUT2D eigenvalue weighted by Gasteiger charge is 2.28. The van der Waals surface area contributed by atoms with Crippen molar-refractivity contribution in [2.75, 3.05) is 16.0 Å². The minimum atomic E-state index is -0.582. The molecule has 0 unspecified atom stereocenters. The molecule has 2 amide bonds. The molecule has 2 aromatic carbocycles. The molecule has 0 spiro atoms. The summed E-state index contributed by atoms with van der Waals surface area (Å²) in [6.07, 6.45) is 0.0745. The third-order valence-corrected chi connectivity index (χ3v) is 4.72. The summed E-state index contributed by atoms with van der Waals surface area (Å²) in [4.78, 5) is 24.6. The molecule has 0 radical (unpaired) electrons. The van der Waals surface area contributed by atoms with Crippen LogP contribution >= 0.6 is 0 Å². The van der Waals surface area contributed by atoms with Crippen molar-refractivity contribution >= 4 is 28.9 Å². The van der Waals surface area contributed by atoms with E-state index in [9.17, 15) is 9.59 Å². The topological polar surface area (TPSA) is 70.2 Å². The first-order chi connectivity index (χ1) is 11.8. The van der Waals surface area contributed by atoms with Crippen LogP contribution < -0.4 is 16.0 Å². The Hall–Kier alpha value is -2.82. The van der Waals surface area contributed by atoms with Crippen LogP contribution in [0.5, 0.6) is 0 Å². The van der Waals surface area contributed by atoms with Crippen molar-refractivity contribution in [3.8, 4) is 0 Å². The van der Waals surface area contributed by atoms with Gasteiger partial charge in [0.15, 0.2) is 0 Å². The van der Waals surface area contributed by atoms with E-state index in [1.165, 1.54) is 5.56 Å². The van der Waals surface area contributed by atoms with E-state index in [1.54, 1.807) is 0 Å². The number of carbonyl (C=O) groups is 2. The molecule has 0 aromatic heterocycles. The maximum atomic E-state index is 12.3. The number of fused-ring (bicyclic) bond motifs is 1. The van der Waals surface area contributed by atoms with Crippen LogP contribution in [0.1, 0.15) is 28.7 Å². The van der Waals surface area contributed by atoms with Gasteiger partial charge in [0.05, 0.1) is 17.8 Å². The molecule has 5 nitrogen and oxygen atoms in total. The molecule has 0 bridgehead atoms. The smallest absolute Gasteiger partial charge is 0.247 e. The minimum absolute atomic E-state index is 0.0745. The summed E-state index contributed by atoms with van der Waals surface area (Å²) >= 11 is 0. The first-order valence-electron chi connectivity index (χ1n) is 8.39. The molecule has 1 aliphatic heterocycles. The standard InChI is InChI=1S/C20H23N3O2/c1-11-5-6-15(7-12(11)2)21-19(24)10-18-20(25)23-17-9-14(4)13(3)8-16(17)22-18/h5-9,18,22H,10H2,1-4H3,(H,21,24)(H,23,25)/t18-/m1/s1. The number of benzene rings is 2. The van der Waals surface area contributed by atoms with E-state index in [0.717, 1.165) is 33.8 Å². The van der Waals surface area contributed by atoms with E-state index in [4.69, 9.17) is 0 Å². The zero-order chi connectivity index (χ0) is 18.1. The summed E-state index contributed by atoms with van der Waals surface area (Å²) in [5, 5.41) is 8.92. The van der Waals surface area contributed by atoms with Gasteiger partial charge in [-0.3, -0.25) is 9.59 Å². The molecule has 1 heterocycles. The second-order valence-corrected chi connectivity index (χ2v) is 6.72. The van der Waals surface area contributed by atoms with Crippen LogP contribution in [0.4, 0.5) is 17.1 Å². The van der Waals surface area contributed by atoms with Crippen molar-refractivity contribution < 1.29 is 9.59 Å². The number of rotatable bonds is 3. The van der Waals surface area contributed by atoms with Crippen LogP contribution in [0.2, 0.25) is 0 Å². The first-order valence-corrected chi connectivity index (χ1v) is 8.39. The van der Waals surface area contributed by atoms with Gasteiger partial charge in [0.25, 0.3) is 0 Å². The Bertz CT molecular complexity index is 858. The largest absolute Gasteiger partial charge is 0.372 e. The molecule has 25 heavy (non-hydrogen) atoms.